The lowest BCUT2D eigenvalue weighted by molar-refractivity contribution is -0.274. The first-order valence-corrected chi connectivity index (χ1v) is 10.9. The van der Waals surface area contributed by atoms with E-state index in [0.717, 1.165) is 35.5 Å². The molecule has 0 radical (unpaired) electrons. The molecule has 2 aromatic carbocycles. The second-order valence-corrected chi connectivity index (χ2v) is 8.89. The van der Waals surface area contributed by atoms with E-state index in [2.05, 4.69) is 14.4 Å². The van der Waals surface area contributed by atoms with Gasteiger partial charge in [-0.2, -0.15) is 0 Å². The third-order valence-electron chi connectivity index (χ3n) is 4.82. The molecular formula is C22H18F3N3O3S. The zero-order valence-electron chi connectivity index (χ0n) is 17.0. The maximum absolute atomic E-state index is 12.8. The van der Waals surface area contributed by atoms with Crippen LogP contribution in [0.3, 0.4) is 0 Å². The molecule has 0 aliphatic carbocycles. The topological polar surface area (TPSA) is 72.7 Å². The number of hydrogen-bond donors (Lipinski definition) is 1. The predicted octanol–water partition coefficient (Wildman–Crippen LogP) is 5.32. The fraction of sp³-hybridized carbons (Fsp3) is 0.136. The van der Waals surface area contributed by atoms with Crippen LogP contribution in [0.25, 0.3) is 16.9 Å². The van der Waals surface area contributed by atoms with Gasteiger partial charge in [0, 0.05) is 18.0 Å². The zero-order valence-corrected chi connectivity index (χ0v) is 17.8. The molecule has 0 bridgehead atoms. The monoisotopic (exact) mass is 461 g/mol. The summed E-state index contributed by atoms with van der Waals surface area (Å²) in [7, 11) is -4.04. The molecule has 0 unspecified atom stereocenters. The highest BCUT2D eigenvalue weighted by Crippen LogP contribution is 2.29. The maximum atomic E-state index is 12.8. The Hall–Kier alpha value is -3.53. The van der Waals surface area contributed by atoms with Crippen LogP contribution < -0.4 is 9.46 Å². The maximum Gasteiger partial charge on any atom is 0.573 e. The number of fused-ring (bicyclic) bond motifs is 1. The van der Waals surface area contributed by atoms with Gasteiger partial charge in [-0.05, 0) is 61.4 Å². The predicted molar refractivity (Wildman–Crippen MR) is 114 cm³/mol. The molecular weight excluding hydrogens is 443 g/mol. The minimum absolute atomic E-state index is 0.194. The van der Waals surface area contributed by atoms with Crippen LogP contribution in [0.2, 0.25) is 0 Å². The fourth-order valence-corrected chi connectivity index (χ4v) is 4.33. The summed E-state index contributed by atoms with van der Waals surface area (Å²) < 4.78 is 70.7. The number of imidazole rings is 1. The molecule has 0 saturated carbocycles. The second-order valence-electron chi connectivity index (χ2n) is 7.20. The van der Waals surface area contributed by atoms with E-state index in [9.17, 15) is 21.6 Å². The van der Waals surface area contributed by atoms with Crippen molar-refractivity contribution in [2.45, 2.75) is 25.1 Å². The van der Waals surface area contributed by atoms with Crippen LogP contribution in [0, 0.1) is 13.8 Å². The number of nitrogens with zero attached hydrogens (tertiary/aromatic N) is 2. The number of ether oxygens (including phenoxy) is 1. The van der Waals surface area contributed by atoms with Crippen molar-refractivity contribution < 1.29 is 26.3 Å². The van der Waals surface area contributed by atoms with Gasteiger partial charge in [-0.15, -0.1) is 13.2 Å². The Bertz CT molecular complexity index is 1400. The molecule has 1 N–H and O–H groups in total. The van der Waals surface area contributed by atoms with Gasteiger partial charge in [0.1, 0.15) is 11.4 Å². The molecule has 0 spiro atoms. The first kappa shape index (κ1) is 21.7. The highest BCUT2D eigenvalue weighted by Gasteiger charge is 2.31. The Labute approximate surface area is 182 Å². The van der Waals surface area contributed by atoms with Crippen LogP contribution in [-0.2, 0) is 10.0 Å². The Morgan fingerprint density at radius 3 is 2.38 bits per heavy atom. The number of pyridine rings is 1. The van der Waals surface area contributed by atoms with Crippen molar-refractivity contribution in [3.05, 3.63) is 78.1 Å². The molecule has 32 heavy (non-hydrogen) atoms. The summed E-state index contributed by atoms with van der Waals surface area (Å²) in [5.41, 5.74) is 4.20. The molecule has 2 aromatic heterocycles. The van der Waals surface area contributed by atoms with Gasteiger partial charge >= 0.3 is 6.36 Å². The standard InChI is InChI=1S/C22H18F3N3O3S/c1-14-5-6-16(20-13-28-11-3-4-15(2)21(28)26-20)12-19(14)27-32(29,30)18-9-7-17(8-10-18)31-22(23,24)25/h3-13,27H,1-2H3. The van der Waals surface area contributed by atoms with Gasteiger partial charge in [0.15, 0.2) is 0 Å². The van der Waals surface area contributed by atoms with Crippen molar-refractivity contribution in [3.8, 4) is 17.0 Å². The molecule has 2 heterocycles. The third-order valence-corrected chi connectivity index (χ3v) is 6.20. The SMILES string of the molecule is Cc1ccc(-c2cn3cccc(C)c3n2)cc1NS(=O)(=O)c1ccc(OC(F)(F)F)cc1. The van der Waals surface area contributed by atoms with E-state index in [0.29, 0.717) is 22.5 Å². The van der Waals surface area contributed by atoms with Gasteiger partial charge in [0.05, 0.1) is 16.3 Å². The van der Waals surface area contributed by atoms with Crippen LogP contribution in [0.5, 0.6) is 5.75 Å². The molecule has 10 heteroatoms. The number of rotatable bonds is 5. The van der Waals surface area contributed by atoms with E-state index in [1.807, 2.05) is 41.9 Å². The summed E-state index contributed by atoms with van der Waals surface area (Å²) in [5, 5.41) is 0. The Balaban J connectivity index is 1.63. The van der Waals surface area contributed by atoms with E-state index >= 15 is 0 Å². The van der Waals surface area contributed by atoms with Crippen molar-refractivity contribution in [2.24, 2.45) is 0 Å². The van der Waals surface area contributed by atoms with Crippen molar-refractivity contribution in [1.29, 1.82) is 0 Å². The fourth-order valence-electron chi connectivity index (χ4n) is 3.21. The molecule has 0 fully saturated rings. The molecule has 4 aromatic rings. The number of hydrogen-bond acceptors (Lipinski definition) is 4. The number of nitrogens with one attached hydrogen (secondary N) is 1. The zero-order chi connectivity index (χ0) is 23.1. The van der Waals surface area contributed by atoms with Crippen molar-refractivity contribution in [3.63, 3.8) is 0 Å². The van der Waals surface area contributed by atoms with Crippen LogP contribution in [0.15, 0.2) is 71.9 Å². The highest BCUT2D eigenvalue weighted by atomic mass is 32.2. The van der Waals surface area contributed by atoms with Crippen LogP contribution in [-0.4, -0.2) is 24.2 Å². The highest BCUT2D eigenvalue weighted by molar-refractivity contribution is 7.92. The number of alkyl halides is 3. The largest absolute Gasteiger partial charge is 0.573 e. The van der Waals surface area contributed by atoms with Crippen molar-refractivity contribution in [1.82, 2.24) is 9.38 Å². The van der Waals surface area contributed by atoms with Gasteiger partial charge in [0.25, 0.3) is 10.0 Å². The van der Waals surface area contributed by atoms with E-state index in [1.165, 1.54) is 0 Å². The Morgan fingerprint density at radius 1 is 1.00 bits per heavy atom. The van der Waals surface area contributed by atoms with Crippen LogP contribution in [0.1, 0.15) is 11.1 Å². The number of aryl methyl sites for hydroxylation is 2. The summed E-state index contributed by atoms with van der Waals surface area (Å²) in [4.78, 5) is 4.43. The number of benzene rings is 2. The summed E-state index contributed by atoms with van der Waals surface area (Å²) in [6, 6.07) is 13.1. The summed E-state index contributed by atoms with van der Waals surface area (Å²) in [6.07, 6.45) is -1.12. The Kier molecular flexibility index (Phi) is 5.33. The lowest BCUT2D eigenvalue weighted by Crippen LogP contribution is -2.17. The molecule has 0 aliphatic rings. The first-order valence-electron chi connectivity index (χ1n) is 9.46. The van der Waals surface area contributed by atoms with Crippen molar-refractivity contribution in [2.75, 3.05) is 4.72 Å². The average Bonchev–Trinajstić information content (AvgIpc) is 3.14. The molecule has 0 aliphatic heterocycles. The molecule has 0 saturated heterocycles. The van der Waals surface area contributed by atoms with Gasteiger partial charge in [-0.3, -0.25) is 4.72 Å². The van der Waals surface area contributed by atoms with E-state index in [-0.39, 0.29) is 4.90 Å². The quantitative estimate of drug-likeness (QED) is 0.437. The lowest BCUT2D eigenvalue weighted by Gasteiger charge is -2.13. The third kappa shape index (κ3) is 4.54. The lowest BCUT2D eigenvalue weighted by atomic mass is 10.1. The first-order chi connectivity index (χ1) is 15.0. The summed E-state index contributed by atoms with van der Waals surface area (Å²) >= 11 is 0. The van der Waals surface area contributed by atoms with E-state index in [4.69, 9.17) is 0 Å². The molecule has 6 nitrogen and oxygen atoms in total. The van der Waals surface area contributed by atoms with Gasteiger partial charge in [-0.1, -0.05) is 18.2 Å². The number of sulfonamides is 1. The number of anilines is 1. The van der Waals surface area contributed by atoms with Crippen LogP contribution >= 0.6 is 0 Å². The molecule has 4 rings (SSSR count). The van der Waals surface area contributed by atoms with E-state index < -0.39 is 22.1 Å². The second kappa shape index (κ2) is 7.86. The number of aromatic nitrogens is 2. The molecule has 0 atom stereocenters. The minimum atomic E-state index is -4.85. The number of halogens is 3. The smallest absolute Gasteiger partial charge is 0.406 e. The van der Waals surface area contributed by atoms with Crippen LogP contribution in [0.4, 0.5) is 18.9 Å². The van der Waals surface area contributed by atoms with Gasteiger partial charge in [-0.25, -0.2) is 13.4 Å². The van der Waals surface area contributed by atoms with Gasteiger partial charge in [0.2, 0.25) is 0 Å². The van der Waals surface area contributed by atoms with E-state index in [1.54, 1.807) is 19.1 Å². The molecule has 0 amide bonds. The normalized spacial score (nSPS) is 12.2. The van der Waals surface area contributed by atoms with Crippen molar-refractivity contribution >= 4 is 21.4 Å². The van der Waals surface area contributed by atoms with Gasteiger partial charge < -0.3 is 9.14 Å². The Morgan fingerprint density at radius 2 is 1.72 bits per heavy atom. The summed E-state index contributed by atoms with van der Waals surface area (Å²) in [5.74, 6) is -0.503. The average molecular weight is 461 g/mol. The molecule has 166 valence electrons. The summed E-state index contributed by atoms with van der Waals surface area (Å²) in [6.45, 7) is 3.70. The minimum Gasteiger partial charge on any atom is -0.406 e.